The van der Waals surface area contributed by atoms with E-state index in [1.54, 1.807) is 12.1 Å². The standard InChI is InChI=1S/C13H15NO2S/c1-2-10-14-17(15,16)13-9-5-7-11-6-3-4-8-12(11)13/h3-9,14H,2,10H2,1H3. The third-order valence-electron chi connectivity index (χ3n) is 2.58. The van der Waals surface area contributed by atoms with Gasteiger partial charge in [0.05, 0.1) is 4.90 Å². The third kappa shape index (κ3) is 2.48. The molecule has 90 valence electrons. The molecule has 2 aromatic carbocycles. The molecule has 0 spiro atoms. The summed E-state index contributed by atoms with van der Waals surface area (Å²) in [6.07, 6.45) is 0.782. The molecule has 0 amide bonds. The first-order valence-corrected chi connectivity index (χ1v) is 7.11. The van der Waals surface area contributed by atoms with Crippen molar-refractivity contribution >= 4 is 20.8 Å². The molecule has 0 saturated carbocycles. The van der Waals surface area contributed by atoms with Crippen molar-refractivity contribution in [2.75, 3.05) is 6.54 Å². The van der Waals surface area contributed by atoms with Gasteiger partial charge in [0.15, 0.2) is 0 Å². The van der Waals surface area contributed by atoms with Crippen LogP contribution in [0.1, 0.15) is 13.3 Å². The summed E-state index contributed by atoms with van der Waals surface area (Å²) < 4.78 is 26.8. The van der Waals surface area contributed by atoms with E-state index in [2.05, 4.69) is 4.72 Å². The molecule has 2 rings (SSSR count). The van der Waals surface area contributed by atoms with Gasteiger partial charge in [0.25, 0.3) is 0 Å². The minimum absolute atomic E-state index is 0.351. The predicted molar refractivity (Wildman–Crippen MR) is 69.4 cm³/mol. The van der Waals surface area contributed by atoms with Gasteiger partial charge < -0.3 is 0 Å². The molecule has 3 nitrogen and oxygen atoms in total. The Morgan fingerprint density at radius 1 is 1.06 bits per heavy atom. The van der Waals surface area contributed by atoms with Crippen LogP contribution in [0.2, 0.25) is 0 Å². The third-order valence-corrected chi connectivity index (χ3v) is 4.10. The number of hydrogen-bond donors (Lipinski definition) is 1. The van der Waals surface area contributed by atoms with E-state index in [0.717, 1.165) is 17.2 Å². The fourth-order valence-corrected chi connectivity index (χ4v) is 3.11. The average Bonchev–Trinajstić information content (AvgIpc) is 2.36. The normalized spacial score (nSPS) is 11.8. The molecule has 0 unspecified atom stereocenters. The Morgan fingerprint density at radius 3 is 2.53 bits per heavy atom. The Morgan fingerprint density at radius 2 is 1.76 bits per heavy atom. The van der Waals surface area contributed by atoms with E-state index >= 15 is 0 Å². The molecule has 4 heteroatoms. The molecule has 0 heterocycles. The molecule has 0 aromatic heterocycles. The lowest BCUT2D eigenvalue weighted by molar-refractivity contribution is 0.581. The lowest BCUT2D eigenvalue weighted by Gasteiger charge is -2.08. The number of hydrogen-bond acceptors (Lipinski definition) is 2. The molecular formula is C13H15NO2S. The van der Waals surface area contributed by atoms with Crippen LogP contribution in [0.25, 0.3) is 10.8 Å². The minimum atomic E-state index is -3.40. The largest absolute Gasteiger partial charge is 0.241 e. The van der Waals surface area contributed by atoms with Crippen LogP contribution in [0.5, 0.6) is 0 Å². The summed E-state index contributed by atoms with van der Waals surface area (Å²) >= 11 is 0. The van der Waals surface area contributed by atoms with E-state index in [1.165, 1.54) is 0 Å². The van der Waals surface area contributed by atoms with Crippen LogP contribution < -0.4 is 4.72 Å². The number of benzene rings is 2. The zero-order chi connectivity index (χ0) is 12.3. The molecule has 0 radical (unpaired) electrons. The maximum Gasteiger partial charge on any atom is 0.241 e. The monoisotopic (exact) mass is 249 g/mol. The summed E-state index contributed by atoms with van der Waals surface area (Å²) in [6.45, 7) is 2.40. The minimum Gasteiger partial charge on any atom is -0.211 e. The quantitative estimate of drug-likeness (QED) is 0.905. The molecule has 0 aliphatic carbocycles. The second kappa shape index (κ2) is 4.85. The summed E-state index contributed by atoms with van der Waals surface area (Å²) in [5, 5.41) is 1.70. The van der Waals surface area contributed by atoms with Crippen LogP contribution in [0.15, 0.2) is 47.4 Å². The van der Waals surface area contributed by atoms with Crippen LogP contribution >= 0.6 is 0 Å². The van der Waals surface area contributed by atoms with Crippen molar-refractivity contribution in [3.63, 3.8) is 0 Å². The van der Waals surface area contributed by atoms with E-state index in [9.17, 15) is 8.42 Å². The lowest BCUT2D eigenvalue weighted by atomic mass is 10.1. The highest BCUT2D eigenvalue weighted by atomic mass is 32.2. The smallest absolute Gasteiger partial charge is 0.211 e. The number of fused-ring (bicyclic) bond motifs is 1. The Hall–Kier alpha value is -1.39. The zero-order valence-electron chi connectivity index (χ0n) is 9.68. The van der Waals surface area contributed by atoms with Crippen LogP contribution in [0.3, 0.4) is 0 Å². The first-order valence-electron chi connectivity index (χ1n) is 5.62. The molecule has 0 aliphatic heterocycles. The highest BCUT2D eigenvalue weighted by Gasteiger charge is 2.15. The summed E-state index contributed by atoms with van der Waals surface area (Å²) in [5.41, 5.74) is 0. The van der Waals surface area contributed by atoms with Gasteiger partial charge in [0.2, 0.25) is 10.0 Å². The van der Waals surface area contributed by atoms with Gasteiger partial charge in [-0.25, -0.2) is 13.1 Å². The average molecular weight is 249 g/mol. The van der Waals surface area contributed by atoms with Crippen molar-refractivity contribution in [2.24, 2.45) is 0 Å². The predicted octanol–water partition coefficient (Wildman–Crippen LogP) is 2.53. The molecule has 17 heavy (non-hydrogen) atoms. The van der Waals surface area contributed by atoms with E-state index < -0.39 is 10.0 Å². The SMILES string of the molecule is CCCNS(=O)(=O)c1cccc2ccccc12. The van der Waals surface area contributed by atoms with E-state index in [4.69, 9.17) is 0 Å². The van der Waals surface area contributed by atoms with E-state index in [1.807, 2.05) is 37.3 Å². The first kappa shape index (κ1) is 12.1. The van der Waals surface area contributed by atoms with Gasteiger partial charge in [-0.2, -0.15) is 0 Å². The first-order chi connectivity index (χ1) is 8.15. The highest BCUT2D eigenvalue weighted by Crippen LogP contribution is 2.22. The lowest BCUT2D eigenvalue weighted by Crippen LogP contribution is -2.24. The van der Waals surface area contributed by atoms with Crippen molar-refractivity contribution in [2.45, 2.75) is 18.2 Å². The van der Waals surface area contributed by atoms with Gasteiger partial charge in [-0.15, -0.1) is 0 Å². The van der Waals surface area contributed by atoms with Crippen molar-refractivity contribution in [3.05, 3.63) is 42.5 Å². The van der Waals surface area contributed by atoms with Crippen LogP contribution in [0, 0.1) is 0 Å². The van der Waals surface area contributed by atoms with E-state index in [-0.39, 0.29) is 0 Å². The van der Waals surface area contributed by atoms with Crippen molar-refractivity contribution in [1.82, 2.24) is 4.72 Å². The topological polar surface area (TPSA) is 46.2 Å². The molecular weight excluding hydrogens is 234 g/mol. The summed E-state index contributed by atoms with van der Waals surface area (Å²) in [6, 6.07) is 12.8. The number of sulfonamides is 1. The Balaban J connectivity index is 2.55. The maximum absolute atomic E-state index is 12.1. The number of rotatable bonds is 4. The van der Waals surface area contributed by atoms with E-state index in [0.29, 0.717) is 11.4 Å². The van der Waals surface area contributed by atoms with Gasteiger partial charge in [-0.05, 0) is 17.9 Å². The maximum atomic E-state index is 12.1. The highest BCUT2D eigenvalue weighted by molar-refractivity contribution is 7.89. The van der Waals surface area contributed by atoms with Crippen LogP contribution in [-0.4, -0.2) is 15.0 Å². The molecule has 0 bridgehead atoms. The number of nitrogens with one attached hydrogen (secondary N) is 1. The summed E-state index contributed by atoms with van der Waals surface area (Å²) in [5.74, 6) is 0. The molecule has 2 aromatic rings. The second-order valence-electron chi connectivity index (χ2n) is 3.88. The second-order valence-corrected chi connectivity index (χ2v) is 5.61. The van der Waals surface area contributed by atoms with Crippen LogP contribution in [-0.2, 0) is 10.0 Å². The van der Waals surface area contributed by atoms with Gasteiger partial charge in [0, 0.05) is 11.9 Å². The summed E-state index contributed by atoms with van der Waals surface area (Å²) in [4.78, 5) is 0.351. The van der Waals surface area contributed by atoms with Crippen molar-refractivity contribution in [1.29, 1.82) is 0 Å². The molecule has 0 saturated heterocycles. The summed E-state index contributed by atoms with van der Waals surface area (Å²) in [7, 11) is -3.40. The van der Waals surface area contributed by atoms with Crippen molar-refractivity contribution < 1.29 is 8.42 Å². The van der Waals surface area contributed by atoms with Crippen molar-refractivity contribution in [3.8, 4) is 0 Å². The Kier molecular flexibility index (Phi) is 3.45. The fraction of sp³-hybridized carbons (Fsp3) is 0.231. The Bertz CT molecular complexity index is 615. The van der Waals surface area contributed by atoms with Gasteiger partial charge >= 0.3 is 0 Å². The fourth-order valence-electron chi connectivity index (χ4n) is 1.74. The van der Waals surface area contributed by atoms with Gasteiger partial charge in [-0.3, -0.25) is 0 Å². The molecule has 0 aliphatic rings. The van der Waals surface area contributed by atoms with Gasteiger partial charge in [-0.1, -0.05) is 43.3 Å². The Labute approximate surface area is 102 Å². The van der Waals surface area contributed by atoms with Gasteiger partial charge in [0.1, 0.15) is 0 Å². The molecule has 0 fully saturated rings. The zero-order valence-corrected chi connectivity index (χ0v) is 10.5. The molecule has 0 atom stereocenters. The van der Waals surface area contributed by atoms with Crippen LogP contribution in [0.4, 0.5) is 0 Å². The molecule has 1 N–H and O–H groups in total.